The van der Waals surface area contributed by atoms with Gasteiger partial charge in [-0.3, -0.25) is 4.40 Å². The lowest BCUT2D eigenvalue weighted by molar-refractivity contribution is 1.01. The number of thioether (sulfide) groups is 1. The number of hydrogen-bond acceptors (Lipinski definition) is 4. The van der Waals surface area contributed by atoms with Gasteiger partial charge in [0, 0.05) is 29.5 Å². The standard InChI is InChI=1S/C15H16N4S/c1-10-4-5-14(16-7-10)20-9-13-8-19-12(3)6-11(2)17-15(19)18-13/h4-8H,9H2,1-3H3. The number of hydrogen-bond donors (Lipinski definition) is 0. The van der Waals surface area contributed by atoms with Crippen molar-refractivity contribution in [2.24, 2.45) is 0 Å². The molecule has 0 radical (unpaired) electrons. The first-order valence-electron chi connectivity index (χ1n) is 6.49. The molecule has 0 aliphatic carbocycles. The molecule has 0 saturated carbocycles. The molecule has 5 heteroatoms. The Hall–Kier alpha value is -1.88. The van der Waals surface area contributed by atoms with Gasteiger partial charge in [0.25, 0.3) is 0 Å². The number of nitrogens with zero attached hydrogens (tertiary/aromatic N) is 4. The van der Waals surface area contributed by atoms with Gasteiger partial charge in [0.05, 0.1) is 10.7 Å². The van der Waals surface area contributed by atoms with Crippen molar-refractivity contribution in [3.63, 3.8) is 0 Å². The molecule has 102 valence electrons. The minimum atomic E-state index is 0.773. The predicted molar refractivity (Wildman–Crippen MR) is 81.0 cm³/mol. The van der Waals surface area contributed by atoms with Crippen LogP contribution in [0.4, 0.5) is 0 Å². The fourth-order valence-electron chi connectivity index (χ4n) is 2.08. The first kappa shape index (κ1) is 13.1. The molecule has 0 N–H and O–H groups in total. The molecule has 3 aromatic heterocycles. The second-order valence-corrected chi connectivity index (χ2v) is 5.90. The summed E-state index contributed by atoms with van der Waals surface area (Å²) in [6.45, 7) is 6.11. The summed E-state index contributed by atoms with van der Waals surface area (Å²) < 4.78 is 2.03. The van der Waals surface area contributed by atoms with E-state index in [9.17, 15) is 0 Å². The highest BCUT2D eigenvalue weighted by molar-refractivity contribution is 7.98. The van der Waals surface area contributed by atoms with Gasteiger partial charge in [0.15, 0.2) is 0 Å². The van der Waals surface area contributed by atoms with Crippen LogP contribution in [0.5, 0.6) is 0 Å². The van der Waals surface area contributed by atoms with Crippen molar-refractivity contribution in [2.75, 3.05) is 0 Å². The van der Waals surface area contributed by atoms with E-state index < -0.39 is 0 Å². The quantitative estimate of drug-likeness (QED) is 0.692. The SMILES string of the molecule is Cc1ccc(SCc2cn3c(C)cc(C)nc3n2)nc1. The normalized spacial score (nSPS) is 11.2. The molecule has 0 saturated heterocycles. The molecule has 0 spiro atoms. The Kier molecular flexibility index (Phi) is 3.44. The summed E-state index contributed by atoms with van der Waals surface area (Å²) in [4.78, 5) is 13.4. The van der Waals surface area contributed by atoms with Crippen molar-refractivity contribution in [3.8, 4) is 0 Å². The maximum atomic E-state index is 4.57. The molecule has 0 amide bonds. The van der Waals surface area contributed by atoms with E-state index in [1.807, 2.05) is 30.5 Å². The van der Waals surface area contributed by atoms with E-state index in [0.717, 1.165) is 33.6 Å². The van der Waals surface area contributed by atoms with Crippen molar-refractivity contribution < 1.29 is 0 Å². The molecule has 20 heavy (non-hydrogen) atoms. The molecular formula is C15H16N4S. The lowest BCUT2D eigenvalue weighted by Gasteiger charge is -1.99. The summed E-state index contributed by atoms with van der Waals surface area (Å²) >= 11 is 1.69. The summed E-state index contributed by atoms with van der Waals surface area (Å²) in [7, 11) is 0. The first-order valence-corrected chi connectivity index (χ1v) is 7.48. The van der Waals surface area contributed by atoms with Crippen molar-refractivity contribution in [3.05, 3.63) is 53.2 Å². The Bertz CT molecular complexity index is 746. The van der Waals surface area contributed by atoms with Crippen molar-refractivity contribution in [1.29, 1.82) is 0 Å². The van der Waals surface area contributed by atoms with E-state index >= 15 is 0 Å². The van der Waals surface area contributed by atoms with Gasteiger partial charge in [-0.25, -0.2) is 15.0 Å². The number of imidazole rings is 1. The molecule has 0 atom stereocenters. The van der Waals surface area contributed by atoms with Crippen LogP contribution < -0.4 is 0 Å². The third-order valence-electron chi connectivity index (χ3n) is 3.06. The van der Waals surface area contributed by atoms with Crippen LogP contribution in [-0.2, 0) is 5.75 Å². The van der Waals surface area contributed by atoms with Crippen molar-refractivity contribution in [1.82, 2.24) is 19.4 Å². The highest BCUT2D eigenvalue weighted by atomic mass is 32.2. The van der Waals surface area contributed by atoms with Crippen LogP contribution in [0.2, 0.25) is 0 Å². The lowest BCUT2D eigenvalue weighted by atomic mass is 10.3. The molecule has 0 aromatic carbocycles. The Morgan fingerprint density at radius 2 is 2.00 bits per heavy atom. The first-order chi connectivity index (χ1) is 9.61. The second kappa shape index (κ2) is 5.25. The van der Waals surface area contributed by atoms with Gasteiger partial charge in [-0.15, -0.1) is 0 Å². The van der Waals surface area contributed by atoms with Gasteiger partial charge in [-0.1, -0.05) is 17.8 Å². The fourth-order valence-corrected chi connectivity index (χ4v) is 2.80. The van der Waals surface area contributed by atoms with Gasteiger partial charge in [-0.05, 0) is 38.5 Å². The van der Waals surface area contributed by atoms with Crippen molar-refractivity contribution >= 4 is 17.5 Å². The maximum absolute atomic E-state index is 4.57. The van der Waals surface area contributed by atoms with Crippen molar-refractivity contribution in [2.45, 2.75) is 31.6 Å². The Balaban J connectivity index is 1.81. The largest absolute Gasteiger partial charge is 0.288 e. The minimum absolute atomic E-state index is 0.773. The topological polar surface area (TPSA) is 43.1 Å². The van der Waals surface area contributed by atoms with E-state index in [1.165, 1.54) is 5.56 Å². The van der Waals surface area contributed by atoms with E-state index in [0.29, 0.717) is 0 Å². The van der Waals surface area contributed by atoms with Crippen LogP contribution in [0.15, 0.2) is 35.6 Å². The zero-order valence-corrected chi connectivity index (χ0v) is 12.6. The number of rotatable bonds is 3. The van der Waals surface area contributed by atoms with Gasteiger partial charge in [0.2, 0.25) is 5.78 Å². The molecule has 0 fully saturated rings. The van der Waals surface area contributed by atoms with Gasteiger partial charge in [0.1, 0.15) is 0 Å². The summed E-state index contributed by atoms with van der Waals surface area (Å²) in [6, 6.07) is 6.19. The summed E-state index contributed by atoms with van der Waals surface area (Å²) in [5.74, 6) is 1.58. The van der Waals surface area contributed by atoms with Crippen LogP contribution in [0.1, 0.15) is 22.6 Å². The van der Waals surface area contributed by atoms with Gasteiger partial charge >= 0.3 is 0 Å². The third-order valence-corrected chi connectivity index (χ3v) is 4.04. The Morgan fingerprint density at radius 3 is 2.75 bits per heavy atom. The number of aromatic nitrogens is 4. The highest BCUT2D eigenvalue weighted by Crippen LogP contribution is 2.21. The van der Waals surface area contributed by atoms with E-state index in [4.69, 9.17) is 0 Å². The molecule has 0 aliphatic rings. The van der Waals surface area contributed by atoms with E-state index in [1.54, 1.807) is 11.8 Å². The van der Waals surface area contributed by atoms with Crippen LogP contribution in [-0.4, -0.2) is 19.4 Å². The molecule has 4 nitrogen and oxygen atoms in total. The summed E-state index contributed by atoms with van der Waals surface area (Å²) in [6.07, 6.45) is 3.94. The van der Waals surface area contributed by atoms with Gasteiger partial charge < -0.3 is 0 Å². The lowest BCUT2D eigenvalue weighted by Crippen LogP contribution is -1.94. The number of fused-ring (bicyclic) bond motifs is 1. The van der Waals surface area contributed by atoms with Crippen LogP contribution in [0.25, 0.3) is 5.78 Å². The van der Waals surface area contributed by atoms with E-state index in [2.05, 4.69) is 40.2 Å². The molecule has 3 heterocycles. The molecular weight excluding hydrogens is 268 g/mol. The molecule has 0 bridgehead atoms. The summed E-state index contributed by atoms with van der Waals surface area (Å²) in [5, 5.41) is 1.02. The summed E-state index contributed by atoms with van der Waals surface area (Å²) in [5.41, 5.74) is 4.36. The Labute approximate surface area is 122 Å². The Morgan fingerprint density at radius 1 is 1.15 bits per heavy atom. The number of pyridine rings is 1. The molecule has 3 aromatic rings. The molecule has 0 aliphatic heterocycles. The molecule has 0 unspecified atom stereocenters. The average Bonchev–Trinajstić information content (AvgIpc) is 2.81. The zero-order chi connectivity index (χ0) is 14.1. The van der Waals surface area contributed by atoms with E-state index in [-0.39, 0.29) is 0 Å². The highest BCUT2D eigenvalue weighted by Gasteiger charge is 2.06. The monoisotopic (exact) mass is 284 g/mol. The maximum Gasteiger partial charge on any atom is 0.234 e. The number of aryl methyl sites for hydroxylation is 3. The average molecular weight is 284 g/mol. The fraction of sp³-hybridized carbons (Fsp3) is 0.267. The zero-order valence-electron chi connectivity index (χ0n) is 11.8. The molecule has 3 rings (SSSR count). The minimum Gasteiger partial charge on any atom is -0.288 e. The smallest absolute Gasteiger partial charge is 0.234 e. The predicted octanol–water partition coefficient (Wildman–Crippen LogP) is 3.34. The van der Waals surface area contributed by atoms with Gasteiger partial charge in [-0.2, -0.15) is 0 Å². The van der Waals surface area contributed by atoms with Crippen LogP contribution >= 0.6 is 11.8 Å². The third kappa shape index (κ3) is 2.67. The van der Waals surface area contributed by atoms with Crippen LogP contribution in [0.3, 0.4) is 0 Å². The van der Waals surface area contributed by atoms with Crippen LogP contribution in [0, 0.1) is 20.8 Å². The second-order valence-electron chi connectivity index (χ2n) is 4.90.